The standard InChI is InChI=1S/C21H15FN2O2/c1-14-19(21(25)24(23-14)17-5-3-2-4-6-17)13-18-11-12-20(26-18)15-7-9-16(22)10-8-15/h2-13H,1H3. The molecule has 0 saturated carbocycles. The van der Waals surface area contributed by atoms with Crippen LogP contribution in [0.2, 0.25) is 0 Å². The van der Waals surface area contributed by atoms with Crippen LogP contribution in [-0.4, -0.2) is 11.6 Å². The van der Waals surface area contributed by atoms with Crippen molar-refractivity contribution in [2.24, 2.45) is 5.10 Å². The Bertz CT molecular complexity index is 1020. The van der Waals surface area contributed by atoms with Crippen LogP contribution in [0.1, 0.15) is 12.7 Å². The molecule has 1 amide bonds. The summed E-state index contributed by atoms with van der Waals surface area (Å²) in [6.45, 7) is 1.79. The molecule has 128 valence electrons. The Morgan fingerprint density at radius 2 is 1.73 bits per heavy atom. The van der Waals surface area contributed by atoms with E-state index in [1.807, 2.05) is 30.3 Å². The van der Waals surface area contributed by atoms with E-state index in [0.29, 0.717) is 28.5 Å². The summed E-state index contributed by atoms with van der Waals surface area (Å²) in [6, 6.07) is 18.9. The van der Waals surface area contributed by atoms with E-state index in [4.69, 9.17) is 4.42 Å². The third-order valence-electron chi connectivity index (χ3n) is 4.11. The van der Waals surface area contributed by atoms with E-state index in [2.05, 4.69) is 5.10 Å². The van der Waals surface area contributed by atoms with E-state index in [-0.39, 0.29) is 11.7 Å². The van der Waals surface area contributed by atoms with Gasteiger partial charge in [-0.1, -0.05) is 18.2 Å². The van der Waals surface area contributed by atoms with E-state index in [9.17, 15) is 9.18 Å². The van der Waals surface area contributed by atoms with Crippen LogP contribution in [-0.2, 0) is 4.79 Å². The fourth-order valence-corrected chi connectivity index (χ4v) is 2.77. The minimum absolute atomic E-state index is 0.201. The van der Waals surface area contributed by atoms with Gasteiger partial charge in [0.05, 0.1) is 17.0 Å². The second-order valence-electron chi connectivity index (χ2n) is 5.90. The molecule has 4 rings (SSSR count). The topological polar surface area (TPSA) is 45.8 Å². The minimum Gasteiger partial charge on any atom is -0.457 e. The van der Waals surface area contributed by atoms with Gasteiger partial charge >= 0.3 is 0 Å². The molecule has 0 aliphatic carbocycles. The van der Waals surface area contributed by atoms with E-state index in [1.54, 1.807) is 37.3 Å². The SMILES string of the molecule is CC1=NN(c2ccccc2)C(=O)C1=Cc1ccc(-c2ccc(F)cc2)o1. The van der Waals surface area contributed by atoms with E-state index in [1.165, 1.54) is 17.1 Å². The maximum Gasteiger partial charge on any atom is 0.280 e. The first-order chi connectivity index (χ1) is 12.6. The average molecular weight is 346 g/mol. The van der Waals surface area contributed by atoms with Crippen LogP contribution >= 0.6 is 0 Å². The molecule has 1 aliphatic heterocycles. The molecule has 1 aromatic heterocycles. The summed E-state index contributed by atoms with van der Waals surface area (Å²) >= 11 is 0. The minimum atomic E-state index is -0.299. The molecule has 0 unspecified atom stereocenters. The number of nitrogens with zero attached hydrogens (tertiary/aromatic N) is 2. The molecular formula is C21H15FN2O2. The van der Waals surface area contributed by atoms with Crippen molar-refractivity contribution in [3.8, 4) is 11.3 Å². The van der Waals surface area contributed by atoms with Gasteiger partial charge in [0.1, 0.15) is 17.3 Å². The zero-order valence-electron chi connectivity index (χ0n) is 14.0. The molecule has 3 aromatic rings. The van der Waals surface area contributed by atoms with Crippen LogP contribution in [0.5, 0.6) is 0 Å². The highest BCUT2D eigenvalue weighted by Gasteiger charge is 2.28. The van der Waals surface area contributed by atoms with Gasteiger partial charge in [0.25, 0.3) is 5.91 Å². The number of halogens is 1. The molecular weight excluding hydrogens is 331 g/mol. The van der Waals surface area contributed by atoms with Crippen molar-refractivity contribution in [1.82, 2.24) is 0 Å². The third kappa shape index (κ3) is 2.95. The predicted molar refractivity (Wildman–Crippen MR) is 99.1 cm³/mol. The lowest BCUT2D eigenvalue weighted by Gasteiger charge is -2.10. The lowest BCUT2D eigenvalue weighted by Crippen LogP contribution is -2.21. The molecule has 2 heterocycles. The summed E-state index contributed by atoms with van der Waals surface area (Å²) in [5.41, 5.74) is 2.59. The number of anilines is 1. The van der Waals surface area contributed by atoms with Crippen LogP contribution < -0.4 is 5.01 Å². The summed E-state index contributed by atoms with van der Waals surface area (Å²) in [5.74, 6) is 0.648. The summed E-state index contributed by atoms with van der Waals surface area (Å²) in [4.78, 5) is 12.7. The molecule has 1 aliphatic rings. The number of furan rings is 1. The van der Waals surface area contributed by atoms with Crippen LogP contribution in [0.3, 0.4) is 0 Å². The Hall–Kier alpha value is -3.47. The Morgan fingerprint density at radius 1 is 1.00 bits per heavy atom. The summed E-state index contributed by atoms with van der Waals surface area (Å²) in [6.07, 6.45) is 1.68. The number of amides is 1. The Balaban J connectivity index is 1.62. The Morgan fingerprint density at radius 3 is 2.46 bits per heavy atom. The molecule has 2 aromatic carbocycles. The molecule has 0 fully saturated rings. The first-order valence-electron chi connectivity index (χ1n) is 8.14. The van der Waals surface area contributed by atoms with Gasteiger partial charge in [-0.15, -0.1) is 0 Å². The summed E-state index contributed by atoms with van der Waals surface area (Å²) in [5, 5.41) is 5.72. The fraction of sp³-hybridized carbons (Fsp3) is 0.0476. The van der Waals surface area contributed by atoms with Crippen molar-refractivity contribution < 1.29 is 13.6 Å². The van der Waals surface area contributed by atoms with Crippen molar-refractivity contribution in [2.45, 2.75) is 6.92 Å². The second kappa shape index (κ2) is 6.44. The Labute approximate surface area is 149 Å². The Kier molecular flexibility index (Phi) is 3.97. The first-order valence-corrected chi connectivity index (χ1v) is 8.14. The number of carbonyl (C=O) groups excluding carboxylic acids is 1. The summed E-state index contributed by atoms with van der Waals surface area (Å²) < 4.78 is 18.8. The largest absolute Gasteiger partial charge is 0.457 e. The first kappa shape index (κ1) is 16.0. The van der Waals surface area contributed by atoms with Crippen molar-refractivity contribution >= 4 is 23.4 Å². The molecule has 0 bridgehead atoms. The van der Waals surface area contributed by atoms with Crippen molar-refractivity contribution in [3.05, 3.63) is 83.9 Å². The third-order valence-corrected chi connectivity index (χ3v) is 4.11. The highest BCUT2D eigenvalue weighted by molar-refractivity contribution is 6.32. The van der Waals surface area contributed by atoms with Crippen LogP contribution in [0.4, 0.5) is 10.1 Å². The fourth-order valence-electron chi connectivity index (χ4n) is 2.77. The van der Waals surface area contributed by atoms with Gasteiger partial charge in [0, 0.05) is 5.56 Å². The number of rotatable bonds is 3. The molecule has 0 saturated heterocycles. The maximum absolute atomic E-state index is 13.0. The summed E-state index contributed by atoms with van der Waals surface area (Å²) in [7, 11) is 0. The van der Waals surface area contributed by atoms with Gasteiger partial charge in [-0.2, -0.15) is 10.1 Å². The van der Waals surface area contributed by atoms with Crippen molar-refractivity contribution in [1.29, 1.82) is 0 Å². The molecule has 4 nitrogen and oxygen atoms in total. The zero-order chi connectivity index (χ0) is 18.1. The molecule has 0 spiro atoms. The number of hydrogen-bond acceptors (Lipinski definition) is 3. The number of benzene rings is 2. The molecule has 5 heteroatoms. The lowest BCUT2D eigenvalue weighted by molar-refractivity contribution is -0.114. The number of carbonyl (C=O) groups is 1. The molecule has 0 atom stereocenters. The quantitative estimate of drug-likeness (QED) is 0.634. The molecule has 26 heavy (non-hydrogen) atoms. The average Bonchev–Trinajstić information content (AvgIpc) is 3.23. The van der Waals surface area contributed by atoms with Gasteiger partial charge in [-0.25, -0.2) is 4.39 Å². The van der Waals surface area contributed by atoms with Crippen LogP contribution in [0.15, 0.2) is 81.8 Å². The van der Waals surface area contributed by atoms with E-state index >= 15 is 0 Å². The highest BCUT2D eigenvalue weighted by Crippen LogP contribution is 2.27. The number of hydrazone groups is 1. The monoisotopic (exact) mass is 346 g/mol. The number of hydrogen-bond donors (Lipinski definition) is 0. The van der Waals surface area contributed by atoms with Crippen LogP contribution in [0.25, 0.3) is 17.4 Å². The van der Waals surface area contributed by atoms with Crippen LogP contribution in [0, 0.1) is 5.82 Å². The van der Waals surface area contributed by atoms with E-state index in [0.717, 1.165) is 5.56 Å². The van der Waals surface area contributed by atoms with E-state index < -0.39 is 0 Å². The molecule has 0 N–H and O–H groups in total. The maximum atomic E-state index is 13.0. The van der Waals surface area contributed by atoms with Gasteiger partial charge < -0.3 is 4.42 Å². The van der Waals surface area contributed by atoms with Gasteiger partial charge in [0.2, 0.25) is 0 Å². The second-order valence-corrected chi connectivity index (χ2v) is 5.90. The van der Waals surface area contributed by atoms with Gasteiger partial charge in [-0.3, -0.25) is 4.79 Å². The van der Waals surface area contributed by atoms with Crippen molar-refractivity contribution in [2.75, 3.05) is 5.01 Å². The van der Waals surface area contributed by atoms with Gasteiger partial charge in [0.15, 0.2) is 0 Å². The number of para-hydroxylation sites is 1. The predicted octanol–water partition coefficient (Wildman–Crippen LogP) is 4.89. The van der Waals surface area contributed by atoms with Gasteiger partial charge in [-0.05, 0) is 61.5 Å². The smallest absolute Gasteiger partial charge is 0.280 e. The molecule has 0 radical (unpaired) electrons. The lowest BCUT2D eigenvalue weighted by atomic mass is 10.1. The highest BCUT2D eigenvalue weighted by atomic mass is 19.1. The van der Waals surface area contributed by atoms with Crippen molar-refractivity contribution in [3.63, 3.8) is 0 Å². The normalized spacial score (nSPS) is 15.6. The zero-order valence-corrected chi connectivity index (χ0v) is 14.0.